The van der Waals surface area contributed by atoms with E-state index in [1.54, 1.807) is 0 Å². The Hall–Kier alpha value is -0.120. The average Bonchev–Trinajstić information content (AvgIpc) is 2.38. The lowest BCUT2D eigenvalue weighted by molar-refractivity contribution is 0.164. The van der Waals surface area contributed by atoms with Crippen molar-refractivity contribution in [3.63, 3.8) is 0 Å². The zero-order valence-electron chi connectivity index (χ0n) is 11.6. The number of rotatable bonds is 8. The van der Waals surface area contributed by atoms with Crippen LogP contribution in [0.3, 0.4) is 0 Å². The standard InChI is InChI=1S/C14H30N2O/c1-3-14(17)12-15-10-7-11-16(2)13-8-5-4-6-9-13/h13-15,17H,3-12H2,1-2H3. The molecule has 0 spiro atoms. The van der Waals surface area contributed by atoms with E-state index in [0.717, 1.165) is 25.6 Å². The van der Waals surface area contributed by atoms with E-state index in [-0.39, 0.29) is 6.10 Å². The summed E-state index contributed by atoms with van der Waals surface area (Å²) >= 11 is 0. The first-order chi connectivity index (χ1) is 8.24. The molecule has 0 aromatic rings. The van der Waals surface area contributed by atoms with Crippen molar-refractivity contribution >= 4 is 0 Å². The first kappa shape index (κ1) is 14.9. The summed E-state index contributed by atoms with van der Waals surface area (Å²) in [5, 5.41) is 12.7. The lowest BCUT2D eigenvalue weighted by atomic mass is 9.94. The number of aliphatic hydroxyl groups is 1. The maximum atomic E-state index is 9.40. The largest absolute Gasteiger partial charge is 0.392 e. The highest BCUT2D eigenvalue weighted by atomic mass is 16.3. The van der Waals surface area contributed by atoms with E-state index >= 15 is 0 Å². The van der Waals surface area contributed by atoms with Gasteiger partial charge in [-0.15, -0.1) is 0 Å². The normalized spacial score (nSPS) is 19.8. The van der Waals surface area contributed by atoms with Gasteiger partial charge in [-0.05, 0) is 45.8 Å². The van der Waals surface area contributed by atoms with Gasteiger partial charge in [0.05, 0.1) is 6.10 Å². The van der Waals surface area contributed by atoms with Crippen molar-refractivity contribution in [3.8, 4) is 0 Å². The summed E-state index contributed by atoms with van der Waals surface area (Å²) in [4.78, 5) is 2.52. The highest BCUT2D eigenvalue weighted by Gasteiger charge is 2.17. The molecule has 0 heterocycles. The minimum Gasteiger partial charge on any atom is -0.392 e. The van der Waals surface area contributed by atoms with Gasteiger partial charge in [-0.3, -0.25) is 0 Å². The molecule has 1 unspecified atom stereocenters. The molecule has 0 bridgehead atoms. The zero-order valence-corrected chi connectivity index (χ0v) is 11.6. The van der Waals surface area contributed by atoms with Crippen molar-refractivity contribution in [2.75, 3.05) is 26.7 Å². The summed E-state index contributed by atoms with van der Waals surface area (Å²) in [5.74, 6) is 0. The van der Waals surface area contributed by atoms with Crippen LogP contribution in [0.15, 0.2) is 0 Å². The van der Waals surface area contributed by atoms with Gasteiger partial charge in [0.2, 0.25) is 0 Å². The number of hydrogen-bond donors (Lipinski definition) is 2. The first-order valence-electron chi connectivity index (χ1n) is 7.33. The molecule has 1 rings (SSSR count). The van der Waals surface area contributed by atoms with Gasteiger partial charge >= 0.3 is 0 Å². The van der Waals surface area contributed by atoms with Crippen LogP contribution in [0.4, 0.5) is 0 Å². The number of aliphatic hydroxyl groups excluding tert-OH is 1. The molecule has 3 heteroatoms. The maximum Gasteiger partial charge on any atom is 0.0662 e. The Balaban J connectivity index is 1.97. The molecule has 102 valence electrons. The molecule has 0 aromatic carbocycles. The summed E-state index contributed by atoms with van der Waals surface area (Å²) in [5.41, 5.74) is 0. The number of nitrogens with zero attached hydrogens (tertiary/aromatic N) is 1. The fourth-order valence-electron chi connectivity index (χ4n) is 2.57. The molecular formula is C14H30N2O. The van der Waals surface area contributed by atoms with Crippen LogP contribution >= 0.6 is 0 Å². The van der Waals surface area contributed by atoms with E-state index in [1.165, 1.54) is 45.1 Å². The Bertz CT molecular complexity index is 181. The molecule has 2 N–H and O–H groups in total. The number of hydrogen-bond acceptors (Lipinski definition) is 3. The molecule has 1 fully saturated rings. The molecule has 0 aromatic heterocycles. The Morgan fingerprint density at radius 3 is 2.65 bits per heavy atom. The zero-order chi connectivity index (χ0) is 12.5. The molecular weight excluding hydrogens is 212 g/mol. The van der Waals surface area contributed by atoms with E-state index < -0.39 is 0 Å². The van der Waals surface area contributed by atoms with Gasteiger partial charge in [0.1, 0.15) is 0 Å². The lowest BCUT2D eigenvalue weighted by Crippen LogP contribution is -2.36. The van der Waals surface area contributed by atoms with E-state index in [0.29, 0.717) is 0 Å². The quantitative estimate of drug-likeness (QED) is 0.639. The van der Waals surface area contributed by atoms with Crippen LogP contribution in [-0.4, -0.2) is 48.8 Å². The van der Waals surface area contributed by atoms with E-state index in [2.05, 4.69) is 17.3 Å². The molecule has 17 heavy (non-hydrogen) atoms. The van der Waals surface area contributed by atoms with Crippen LogP contribution < -0.4 is 5.32 Å². The Kier molecular flexibility index (Phi) is 7.82. The lowest BCUT2D eigenvalue weighted by Gasteiger charge is -2.31. The van der Waals surface area contributed by atoms with Crippen molar-refractivity contribution < 1.29 is 5.11 Å². The first-order valence-corrected chi connectivity index (χ1v) is 7.33. The average molecular weight is 242 g/mol. The second-order valence-corrected chi connectivity index (χ2v) is 5.39. The van der Waals surface area contributed by atoms with Crippen LogP contribution in [0.2, 0.25) is 0 Å². The van der Waals surface area contributed by atoms with Crippen molar-refractivity contribution in [1.82, 2.24) is 10.2 Å². The molecule has 0 aliphatic heterocycles. The van der Waals surface area contributed by atoms with E-state index in [1.807, 2.05) is 6.92 Å². The van der Waals surface area contributed by atoms with Crippen LogP contribution in [0.1, 0.15) is 51.9 Å². The maximum absolute atomic E-state index is 9.40. The van der Waals surface area contributed by atoms with Crippen molar-refractivity contribution in [2.45, 2.75) is 64.0 Å². The summed E-state index contributed by atoms with van der Waals surface area (Å²) < 4.78 is 0. The third-order valence-corrected chi connectivity index (χ3v) is 3.91. The molecule has 1 saturated carbocycles. The summed E-state index contributed by atoms with van der Waals surface area (Å²) in [6.07, 6.45) is 8.88. The Morgan fingerprint density at radius 2 is 2.00 bits per heavy atom. The highest BCUT2D eigenvalue weighted by molar-refractivity contribution is 4.73. The minimum atomic E-state index is -0.175. The predicted octanol–water partition coefficient (Wildman–Crippen LogP) is 2.00. The van der Waals surface area contributed by atoms with E-state index in [4.69, 9.17) is 0 Å². The summed E-state index contributed by atoms with van der Waals surface area (Å²) in [7, 11) is 2.26. The molecule has 1 atom stereocenters. The van der Waals surface area contributed by atoms with Gasteiger partial charge in [-0.25, -0.2) is 0 Å². The van der Waals surface area contributed by atoms with Crippen molar-refractivity contribution in [2.24, 2.45) is 0 Å². The summed E-state index contributed by atoms with van der Waals surface area (Å²) in [6.45, 7) is 4.96. The van der Waals surface area contributed by atoms with Gasteiger partial charge < -0.3 is 15.3 Å². The molecule has 1 aliphatic carbocycles. The third kappa shape index (κ3) is 6.39. The van der Waals surface area contributed by atoms with Crippen LogP contribution in [-0.2, 0) is 0 Å². The van der Waals surface area contributed by atoms with Crippen molar-refractivity contribution in [1.29, 1.82) is 0 Å². The highest BCUT2D eigenvalue weighted by Crippen LogP contribution is 2.21. The second kappa shape index (κ2) is 8.90. The van der Waals surface area contributed by atoms with Gasteiger partial charge in [0.25, 0.3) is 0 Å². The third-order valence-electron chi connectivity index (χ3n) is 3.91. The van der Waals surface area contributed by atoms with E-state index in [9.17, 15) is 5.11 Å². The molecule has 1 aliphatic rings. The SMILES string of the molecule is CCC(O)CNCCCN(C)C1CCCCC1. The van der Waals surface area contributed by atoms with Crippen LogP contribution in [0.5, 0.6) is 0 Å². The fourth-order valence-corrected chi connectivity index (χ4v) is 2.57. The predicted molar refractivity (Wildman–Crippen MR) is 73.3 cm³/mol. The van der Waals surface area contributed by atoms with Gasteiger partial charge in [0.15, 0.2) is 0 Å². The Morgan fingerprint density at radius 1 is 1.29 bits per heavy atom. The monoisotopic (exact) mass is 242 g/mol. The van der Waals surface area contributed by atoms with Gasteiger partial charge in [0, 0.05) is 12.6 Å². The molecule has 3 nitrogen and oxygen atoms in total. The second-order valence-electron chi connectivity index (χ2n) is 5.39. The molecule has 0 amide bonds. The van der Waals surface area contributed by atoms with Crippen LogP contribution in [0, 0.1) is 0 Å². The molecule has 0 radical (unpaired) electrons. The summed E-state index contributed by atoms with van der Waals surface area (Å²) in [6, 6.07) is 0.824. The Labute approximate surface area is 107 Å². The minimum absolute atomic E-state index is 0.175. The van der Waals surface area contributed by atoms with Crippen molar-refractivity contribution in [3.05, 3.63) is 0 Å². The topological polar surface area (TPSA) is 35.5 Å². The fraction of sp³-hybridized carbons (Fsp3) is 1.00. The smallest absolute Gasteiger partial charge is 0.0662 e. The number of nitrogens with one attached hydrogen (secondary N) is 1. The van der Waals surface area contributed by atoms with Crippen LogP contribution in [0.25, 0.3) is 0 Å². The molecule has 0 saturated heterocycles. The van der Waals surface area contributed by atoms with Gasteiger partial charge in [-0.1, -0.05) is 26.2 Å². The van der Waals surface area contributed by atoms with Gasteiger partial charge in [-0.2, -0.15) is 0 Å².